The van der Waals surface area contributed by atoms with Crippen LogP contribution in [0, 0.1) is 12.7 Å². The molecule has 0 aliphatic rings. The summed E-state index contributed by atoms with van der Waals surface area (Å²) in [6.07, 6.45) is 0.223. The van der Waals surface area contributed by atoms with Gasteiger partial charge in [0, 0.05) is 12.7 Å². The first-order chi connectivity index (χ1) is 10.8. The lowest BCUT2D eigenvalue weighted by molar-refractivity contribution is -0.119. The zero-order valence-corrected chi connectivity index (χ0v) is 13.6. The summed E-state index contributed by atoms with van der Waals surface area (Å²) < 4.78 is 40.2. The molecule has 0 spiro atoms. The number of carbonyl (C=O) groups is 1. The van der Waals surface area contributed by atoms with Crippen LogP contribution in [0.5, 0.6) is 0 Å². The Morgan fingerprint density at radius 1 is 1.13 bits per heavy atom. The van der Waals surface area contributed by atoms with Crippen molar-refractivity contribution in [3.63, 3.8) is 0 Å². The molecule has 0 saturated carbocycles. The van der Waals surface area contributed by atoms with E-state index in [1.807, 2.05) is 0 Å². The van der Waals surface area contributed by atoms with E-state index in [-0.39, 0.29) is 17.2 Å². The third-order valence-corrected chi connectivity index (χ3v) is 4.82. The van der Waals surface area contributed by atoms with Crippen molar-refractivity contribution >= 4 is 21.6 Å². The molecule has 0 saturated heterocycles. The number of hydrogen-bond acceptors (Lipinski definition) is 3. The zero-order chi connectivity index (χ0) is 17.0. The molecule has 0 aliphatic heterocycles. The van der Waals surface area contributed by atoms with Gasteiger partial charge in [-0.3, -0.25) is 9.52 Å². The second-order valence-electron chi connectivity index (χ2n) is 5.06. The quantitative estimate of drug-likeness (QED) is 0.879. The Morgan fingerprint density at radius 3 is 2.35 bits per heavy atom. The Bertz CT molecular complexity index is 818. The number of rotatable bonds is 5. The van der Waals surface area contributed by atoms with E-state index in [1.165, 1.54) is 19.1 Å². The highest BCUT2D eigenvalue weighted by Crippen LogP contribution is 2.20. The summed E-state index contributed by atoms with van der Waals surface area (Å²) in [5, 5.41) is 2.52. The van der Waals surface area contributed by atoms with Crippen LogP contribution >= 0.6 is 0 Å². The van der Waals surface area contributed by atoms with Crippen LogP contribution in [-0.2, 0) is 21.2 Å². The molecule has 23 heavy (non-hydrogen) atoms. The number of anilines is 1. The average Bonchev–Trinajstić information content (AvgIpc) is 2.48. The Kier molecular flexibility index (Phi) is 5.00. The summed E-state index contributed by atoms with van der Waals surface area (Å²) >= 11 is 0. The van der Waals surface area contributed by atoms with Crippen LogP contribution in [0.1, 0.15) is 11.1 Å². The molecule has 2 rings (SSSR count). The van der Waals surface area contributed by atoms with E-state index in [9.17, 15) is 17.6 Å². The summed E-state index contributed by atoms with van der Waals surface area (Å²) in [6.45, 7) is 1.53. The van der Waals surface area contributed by atoms with Crippen molar-refractivity contribution in [3.05, 3.63) is 59.4 Å². The van der Waals surface area contributed by atoms with Gasteiger partial charge < -0.3 is 5.32 Å². The average molecular weight is 336 g/mol. The monoisotopic (exact) mass is 336 g/mol. The first-order valence-corrected chi connectivity index (χ1v) is 8.38. The first-order valence-electron chi connectivity index (χ1n) is 6.90. The molecule has 2 N–H and O–H groups in total. The highest BCUT2D eigenvalue weighted by molar-refractivity contribution is 7.92. The number of nitrogens with one attached hydrogen (secondary N) is 2. The lowest BCUT2D eigenvalue weighted by atomic mass is 10.1. The van der Waals surface area contributed by atoms with Crippen molar-refractivity contribution in [1.29, 1.82) is 0 Å². The van der Waals surface area contributed by atoms with Crippen molar-refractivity contribution in [2.24, 2.45) is 0 Å². The van der Waals surface area contributed by atoms with E-state index in [4.69, 9.17) is 0 Å². The largest absolute Gasteiger partial charge is 0.359 e. The van der Waals surface area contributed by atoms with Gasteiger partial charge in [-0.05, 0) is 48.4 Å². The Balaban J connectivity index is 2.19. The highest BCUT2D eigenvalue weighted by Gasteiger charge is 2.17. The second kappa shape index (κ2) is 6.78. The van der Waals surface area contributed by atoms with E-state index in [0.29, 0.717) is 11.3 Å². The minimum atomic E-state index is -3.80. The standard InChI is InChI=1S/C16H17FN2O3S/c1-11-9-13(17)5-8-15(11)23(21,22)19-14-6-3-12(4-7-14)10-16(20)18-2/h3-9,19H,10H2,1-2H3,(H,18,20). The third kappa shape index (κ3) is 4.29. The number of amides is 1. The van der Waals surface area contributed by atoms with Crippen molar-refractivity contribution in [1.82, 2.24) is 5.32 Å². The van der Waals surface area contributed by atoms with Gasteiger partial charge in [-0.2, -0.15) is 0 Å². The van der Waals surface area contributed by atoms with E-state index in [1.54, 1.807) is 31.3 Å². The molecule has 2 aromatic rings. The predicted molar refractivity (Wildman–Crippen MR) is 86.2 cm³/mol. The minimum Gasteiger partial charge on any atom is -0.359 e. The number of benzene rings is 2. The molecule has 0 heterocycles. The molecule has 0 fully saturated rings. The topological polar surface area (TPSA) is 75.3 Å². The molecule has 0 aliphatic carbocycles. The van der Waals surface area contributed by atoms with Crippen LogP contribution < -0.4 is 10.0 Å². The van der Waals surface area contributed by atoms with Crippen LogP contribution in [0.15, 0.2) is 47.4 Å². The second-order valence-corrected chi connectivity index (χ2v) is 6.71. The normalized spacial score (nSPS) is 11.1. The van der Waals surface area contributed by atoms with Crippen molar-refractivity contribution in [2.45, 2.75) is 18.2 Å². The lowest BCUT2D eigenvalue weighted by Crippen LogP contribution is -2.20. The Labute approximate surface area is 134 Å². The summed E-state index contributed by atoms with van der Waals surface area (Å²) in [7, 11) is -2.25. The summed E-state index contributed by atoms with van der Waals surface area (Å²) in [5.74, 6) is -0.611. The smallest absolute Gasteiger partial charge is 0.262 e. The molecule has 122 valence electrons. The van der Waals surface area contributed by atoms with Gasteiger partial charge in [-0.25, -0.2) is 12.8 Å². The molecule has 0 unspecified atom stereocenters. The molecule has 0 aromatic heterocycles. The number of aryl methyl sites for hydroxylation is 1. The van der Waals surface area contributed by atoms with Crippen LogP contribution in [-0.4, -0.2) is 21.4 Å². The summed E-state index contributed by atoms with van der Waals surface area (Å²) in [5.41, 5.74) is 1.47. The molecule has 0 bridgehead atoms. The van der Waals surface area contributed by atoms with Crippen LogP contribution in [0.3, 0.4) is 0 Å². The highest BCUT2D eigenvalue weighted by atomic mass is 32.2. The van der Waals surface area contributed by atoms with Gasteiger partial charge >= 0.3 is 0 Å². The molecule has 0 atom stereocenters. The fourth-order valence-corrected chi connectivity index (χ4v) is 3.38. The lowest BCUT2D eigenvalue weighted by Gasteiger charge is -2.11. The molecule has 1 amide bonds. The van der Waals surface area contributed by atoms with Gasteiger partial charge in [0.25, 0.3) is 10.0 Å². The summed E-state index contributed by atoms with van der Waals surface area (Å²) in [4.78, 5) is 11.3. The van der Waals surface area contributed by atoms with Crippen LogP contribution in [0.2, 0.25) is 0 Å². The van der Waals surface area contributed by atoms with E-state index in [2.05, 4.69) is 10.0 Å². The van der Waals surface area contributed by atoms with Gasteiger partial charge in [0.2, 0.25) is 5.91 Å². The Hall–Kier alpha value is -2.41. The van der Waals surface area contributed by atoms with E-state index < -0.39 is 15.8 Å². The molecule has 0 radical (unpaired) electrons. The first kappa shape index (κ1) is 17.0. The van der Waals surface area contributed by atoms with E-state index >= 15 is 0 Å². The maximum absolute atomic E-state index is 13.1. The van der Waals surface area contributed by atoms with Crippen molar-refractivity contribution in [3.8, 4) is 0 Å². The number of carbonyl (C=O) groups excluding carboxylic acids is 1. The summed E-state index contributed by atoms with van der Waals surface area (Å²) in [6, 6.07) is 10.0. The predicted octanol–water partition coefficient (Wildman–Crippen LogP) is 2.22. The maximum Gasteiger partial charge on any atom is 0.262 e. The zero-order valence-electron chi connectivity index (χ0n) is 12.8. The number of likely N-dealkylation sites (N-methyl/N-ethyl adjacent to an activating group) is 1. The van der Waals surface area contributed by atoms with E-state index in [0.717, 1.165) is 11.6 Å². The van der Waals surface area contributed by atoms with Gasteiger partial charge in [0.1, 0.15) is 5.82 Å². The van der Waals surface area contributed by atoms with Crippen molar-refractivity contribution < 1.29 is 17.6 Å². The number of halogens is 1. The van der Waals surface area contributed by atoms with Gasteiger partial charge in [0.05, 0.1) is 11.3 Å². The third-order valence-electron chi connectivity index (χ3n) is 3.28. The van der Waals surface area contributed by atoms with Crippen LogP contribution in [0.4, 0.5) is 10.1 Å². The minimum absolute atomic E-state index is 0.0216. The molecule has 2 aromatic carbocycles. The van der Waals surface area contributed by atoms with Crippen LogP contribution in [0.25, 0.3) is 0 Å². The van der Waals surface area contributed by atoms with Gasteiger partial charge in [0.15, 0.2) is 0 Å². The molecular formula is C16H17FN2O3S. The Morgan fingerprint density at radius 2 is 1.78 bits per heavy atom. The number of hydrogen-bond donors (Lipinski definition) is 2. The maximum atomic E-state index is 13.1. The van der Waals surface area contributed by atoms with Crippen molar-refractivity contribution in [2.75, 3.05) is 11.8 Å². The van der Waals surface area contributed by atoms with Gasteiger partial charge in [-0.15, -0.1) is 0 Å². The van der Waals surface area contributed by atoms with Gasteiger partial charge in [-0.1, -0.05) is 12.1 Å². The fourth-order valence-electron chi connectivity index (χ4n) is 2.09. The molecule has 7 heteroatoms. The molecule has 5 nitrogen and oxygen atoms in total. The fraction of sp³-hybridized carbons (Fsp3) is 0.188. The SMILES string of the molecule is CNC(=O)Cc1ccc(NS(=O)(=O)c2ccc(F)cc2C)cc1. The number of sulfonamides is 1. The molecular weight excluding hydrogens is 319 g/mol.